The molecule has 0 aliphatic carbocycles. The highest BCUT2D eigenvalue weighted by molar-refractivity contribution is 5.97. The van der Waals surface area contributed by atoms with Crippen LogP contribution in [0.25, 0.3) is 0 Å². The van der Waals surface area contributed by atoms with E-state index in [-0.39, 0.29) is 6.04 Å². The molecule has 2 atom stereocenters. The molecule has 0 aromatic heterocycles. The van der Waals surface area contributed by atoms with Gasteiger partial charge >= 0.3 is 0 Å². The van der Waals surface area contributed by atoms with Crippen molar-refractivity contribution in [3.05, 3.63) is 60.2 Å². The number of amidine groups is 1. The zero-order chi connectivity index (χ0) is 17.4. The van der Waals surface area contributed by atoms with Crippen molar-refractivity contribution >= 4 is 11.5 Å². The largest absolute Gasteiger partial charge is 0.494 e. The van der Waals surface area contributed by atoms with Gasteiger partial charge in [-0.15, -0.1) is 0 Å². The molecule has 0 amide bonds. The lowest BCUT2D eigenvalue weighted by Gasteiger charge is -2.32. The summed E-state index contributed by atoms with van der Waals surface area (Å²) < 4.78 is 7.91. The number of ether oxygens (including phenoxy) is 1. The Balaban J connectivity index is 1.80. The van der Waals surface area contributed by atoms with Crippen LogP contribution in [0.5, 0.6) is 5.75 Å². The Hall–Kier alpha value is -2.33. The Bertz CT molecular complexity index is 785. The van der Waals surface area contributed by atoms with Crippen LogP contribution >= 0.6 is 0 Å². The molecule has 2 heterocycles. The standard InChI is InChI=1S/C21H25N2O2/c1-3-25-19-13-11-17(12-14-19)21(24)16(2)22-15-7-10-20(22)23(21)18-8-5-4-6-9-18/h4-6,8-9,11-14,16,24H,3,7,10,15H2,1-2H3/q+1/t16-,21-/m0/s1. The Kier molecular flexibility index (Phi) is 4.00. The summed E-state index contributed by atoms with van der Waals surface area (Å²) in [6.45, 7) is 5.73. The van der Waals surface area contributed by atoms with Gasteiger partial charge in [0.05, 0.1) is 19.6 Å². The number of benzene rings is 2. The molecule has 4 nitrogen and oxygen atoms in total. The summed E-state index contributed by atoms with van der Waals surface area (Å²) in [5, 5.41) is 11.9. The second-order valence-corrected chi connectivity index (χ2v) is 6.74. The molecule has 0 saturated carbocycles. The van der Waals surface area contributed by atoms with Crippen molar-refractivity contribution in [1.29, 1.82) is 0 Å². The maximum Gasteiger partial charge on any atom is 0.278 e. The number of rotatable bonds is 4. The molecule has 0 unspecified atom stereocenters. The lowest BCUT2D eigenvalue weighted by molar-refractivity contribution is -0.564. The van der Waals surface area contributed by atoms with Gasteiger partial charge in [-0.3, -0.25) is 4.58 Å². The van der Waals surface area contributed by atoms with Crippen molar-refractivity contribution < 1.29 is 14.4 Å². The minimum Gasteiger partial charge on any atom is -0.494 e. The maximum atomic E-state index is 11.9. The number of anilines is 1. The van der Waals surface area contributed by atoms with E-state index in [1.807, 2.05) is 49.4 Å². The first kappa shape index (κ1) is 16.2. The quantitative estimate of drug-likeness (QED) is 0.869. The van der Waals surface area contributed by atoms with Gasteiger partial charge in [0.15, 0.2) is 6.04 Å². The molecule has 2 aromatic carbocycles. The normalized spacial score (nSPS) is 25.4. The first-order valence-electron chi connectivity index (χ1n) is 9.09. The maximum absolute atomic E-state index is 11.9. The van der Waals surface area contributed by atoms with E-state index in [9.17, 15) is 5.11 Å². The summed E-state index contributed by atoms with van der Waals surface area (Å²) in [6.07, 6.45) is 2.14. The third-order valence-electron chi connectivity index (χ3n) is 5.38. The number of hydrogen-bond donors (Lipinski definition) is 1. The molecule has 1 N–H and O–H groups in total. The number of para-hydroxylation sites is 1. The molecule has 0 saturated heterocycles. The van der Waals surface area contributed by atoms with Crippen LogP contribution in [0.1, 0.15) is 32.3 Å². The van der Waals surface area contributed by atoms with Gasteiger partial charge in [0.1, 0.15) is 11.4 Å². The van der Waals surface area contributed by atoms with Crippen LogP contribution in [0.2, 0.25) is 0 Å². The van der Waals surface area contributed by atoms with E-state index < -0.39 is 5.72 Å². The molecule has 4 rings (SSSR count). The Morgan fingerprint density at radius 1 is 1.16 bits per heavy atom. The molecule has 0 spiro atoms. The third kappa shape index (κ3) is 2.44. The molecular formula is C21H25N2O2+. The molecule has 2 aliphatic heterocycles. The number of hydrogen-bond acceptors (Lipinski definition) is 3. The van der Waals surface area contributed by atoms with E-state index in [2.05, 4.69) is 28.5 Å². The summed E-state index contributed by atoms with van der Waals surface area (Å²) in [5.74, 6) is 2.05. The second-order valence-electron chi connectivity index (χ2n) is 6.74. The van der Waals surface area contributed by atoms with Crippen molar-refractivity contribution in [3.63, 3.8) is 0 Å². The Labute approximate surface area is 149 Å². The molecule has 130 valence electrons. The third-order valence-corrected chi connectivity index (χ3v) is 5.38. The summed E-state index contributed by atoms with van der Waals surface area (Å²) >= 11 is 0. The van der Waals surface area contributed by atoms with Crippen molar-refractivity contribution in [2.75, 3.05) is 18.1 Å². The average Bonchev–Trinajstić information content (AvgIpc) is 3.19. The van der Waals surface area contributed by atoms with Gasteiger partial charge in [-0.1, -0.05) is 18.2 Å². The number of aliphatic hydroxyl groups is 1. The van der Waals surface area contributed by atoms with Crippen molar-refractivity contribution in [3.8, 4) is 5.75 Å². The molecule has 0 bridgehead atoms. The van der Waals surface area contributed by atoms with E-state index in [1.165, 1.54) is 5.84 Å². The minimum atomic E-state index is -1.08. The van der Waals surface area contributed by atoms with Gasteiger partial charge < -0.3 is 9.84 Å². The second kappa shape index (κ2) is 6.19. The Morgan fingerprint density at radius 2 is 1.88 bits per heavy atom. The fourth-order valence-electron chi connectivity index (χ4n) is 4.19. The van der Waals surface area contributed by atoms with Crippen molar-refractivity contribution in [2.45, 2.75) is 38.5 Å². The highest BCUT2D eigenvalue weighted by Gasteiger charge is 2.60. The summed E-state index contributed by atoms with van der Waals surface area (Å²) in [4.78, 5) is 2.13. The van der Waals surface area contributed by atoms with Crippen LogP contribution in [-0.4, -0.2) is 34.7 Å². The monoisotopic (exact) mass is 337 g/mol. The molecule has 2 aromatic rings. The van der Waals surface area contributed by atoms with Crippen LogP contribution < -0.4 is 9.64 Å². The van der Waals surface area contributed by atoms with E-state index in [0.717, 1.165) is 36.4 Å². The van der Waals surface area contributed by atoms with Crippen LogP contribution in [0, 0.1) is 0 Å². The van der Waals surface area contributed by atoms with Crippen LogP contribution in [0.3, 0.4) is 0 Å². The topological polar surface area (TPSA) is 35.7 Å². The van der Waals surface area contributed by atoms with E-state index >= 15 is 0 Å². The zero-order valence-corrected chi connectivity index (χ0v) is 14.9. The van der Waals surface area contributed by atoms with Gasteiger partial charge in [0.2, 0.25) is 0 Å². The van der Waals surface area contributed by atoms with E-state index in [4.69, 9.17) is 4.74 Å². The summed E-state index contributed by atoms with van der Waals surface area (Å²) in [6, 6.07) is 18.1. The van der Waals surface area contributed by atoms with Gasteiger partial charge in [-0.05, 0) is 56.7 Å². The zero-order valence-electron chi connectivity index (χ0n) is 14.9. The predicted molar refractivity (Wildman–Crippen MR) is 99.3 cm³/mol. The molecule has 25 heavy (non-hydrogen) atoms. The molecular weight excluding hydrogens is 312 g/mol. The SMILES string of the molecule is CCOc1ccc([C@@]2(O)[C@H](C)[N+]3=C(CCC3)N2c2ccccc2)cc1. The van der Waals surface area contributed by atoms with Crippen LogP contribution in [0.4, 0.5) is 5.69 Å². The van der Waals surface area contributed by atoms with Crippen LogP contribution in [0.15, 0.2) is 54.6 Å². The van der Waals surface area contributed by atoms with Gasteiger partial charge in [0.25, 0.3) is 11.6 Å². The summed E-state index contributed by atoms with van der Waals surface area (Å²) in [7, 11) is 0. The highest BCUT2D eigenvalue weighted by Crippen LogP contribution is 2.42. The fraction of sp³-hybridized carbons (Fsp3) is 0.381. The molecule has 4 heteroatoms. The number of nitrogens with zero attached hydrogens (tertiary/aromatic N) is 2. The minimum absolute atomic E-state index is 0.0110. The van der Waals surface area contributed by atoms with E-state index in [0.29, 0.717) is 6.61 Å². The predicted octanol–water partition coefficient (Wildman–Crippen LogP) is 3.34. The van der Waals surface area contributed by atoms with Gasteiger partial charge in [-0.25, -0.2) is 0 Å². The lowest BCUT2D eigenvalue weighted by atomic mass is 9.93. The van der Waals surface area contributed by atoms with E-state index in [1.54, 1.807) is 0 Å². The van der Waals surface area contributed by atoms with Gasteiger partial charge in [0, 0.05) is 5.56 Å². The molecule has 0 fully saturated rings. The van der Waals surface area contributed by atoms with Gasteiger partial charge in [-0.2, -0.15) is 4.90 Å². The summed E-state index contributed by atoms with van der Waals surface area (Å²) in [5.41, 5.74) is 0.848. The smallest absolute Gasteiger partial charge is 0.278 e. The fourth-order valence-corrected chi connectivity index (χ4v) is 4.19. The average molecular weight is 337 g/mol. The first-order chi connectivity index (χ1) is 12.2. The first-order valence-corrected chi connectivity index (χ1v) is 9.09. The Morgan fingerprint density at radius 3 is 2.56 bits per heavy atom. The van der Waals surface area contributed by atoms with Crippen molar-refractivity contribution in [2.24, 2.45) is 0 Å². The molecule has 0 radical (unpaired) electrons. The highest BCUT2D eigenvalue weighted by atomic mass is 16.5. The van der Waals surface area contributed by atoms with Crippen molar-refractivity contribution in [1.82, 2.24) is 0 Å². The van der Waals surface area contributed by atoms with Crippen LogP contribution in [-0.2, 0) is 5.72 Å². The lowest BCUT2D eigenvalue weighted by Crippen LogP contribution is -2.51. The molecule has 2 aliphatic rings.